The summed E-state index contributed by atoms with van der Waals surface area (Å²) in [6.45, 7) is 1.61. The molecule has 2 amide bonds. The summed E-state index contributed by atoms with van der Waals surface area (Å²) in [5.74, 6) is -3.02. The molecule has 46 heavy (non-hydrogen) atoms. The lowest BCUT2D eigenvalue weighted by Gasteiger charge is -2.17. The largest absolute Gasteiger partial charge is 0.465 e. The molecule has 0 aliphatic carbocycles. The van der Waals surface area contributed by atoms with Crippen molar-refractivity contribution in [2.75, 3.05) is 24.9 Å². The maximum atomic E-state index is 13.2. The van der Waals surface area contributed by atoms with E-state index in [0.29, 0.717) is 5.56 Å². The van der Waals surface area contributed by atoms with Crippen molar-refractivity contribution in [1.29, 1.82) is 0 Å². The number of hydrogen-bond donors (Lipinski definition) is 2. The lowest BCUT2D eigenvalue weighted by molar-refractivity contribution is -0.385. The van der Waals surface area contributed by atoms with Gasteiger partial charge in [0.05, 0.1) is 40.9 Å². The molecule has 0 radical (unpaired) electrons. The number of non-ortho nitro benzene ring substituents is 2. The van der Waals surface area contributed by atoms with E-state index in [1.165, 1.54) is 66.7 Å². The number of aryl methyl sites for hydroxylation is 1. The van der Waals surface area contributed by atoms with Gasteiger partial charge < -0.3 is 24.8 Å². The molecular formula is C31H24N4O11. The number of carbonyl (C=O) groups excluding carboxylic acids is 4. The van der Waals surface area contributed by atoms with E-state index in [2.05, 4.69) is 10.6 Å². The Morgan fingerprint density at radius 2 is 1.17 bits per heavy atom. The number of methoxy groups -OCH3 is 2. The average molecular weight is 629 g/mol. The van der Waals surface area contributed by atoms with Crippen LogP contribution in [0.1, 0.15) is 47.0 Å². The van der Waals surface area contributed by atoms with Crippen molar-refractivity contribution in [3.8, 4) is 11.5 Å². The second-order valence-corrected chi connectivity index (χ2v) is 9.48. The number of ether oxygens (including phenoxy) is 3. The van der Waals surface area contributed by atoms with Crippen LogP contribution in [-0.4, -0.2) is 47.8 Å². The summed E-state index contributed by atoms with van der Waals surface area (Å²) in [6.07, 6.45) is 0. The lowest BCUT2D eigenvalue weighted by Crippen LogP contribution is -2.16. The zero-order chi connectivity index (χ0) is 33.5. The Labute approximate surface area is 260 Å². The summed E-state index contributed by atoms with van der Waals surface area (Å²) >= 11 is 0. The van der Waals surface area contributed by atoms with Gasteiger partial charge in [-0.1, -0.05) is 12.1 Å². The molecule has 0 fully saturated rings. The van der Waals surface area contributed by atoms with Crippen molar-refractivity contribution in [3.05, 3.63) is 127 Å². The first kappa shape index (κ1) is 32.3. The van der Waals surface area contributed by atoms with Crippen LogP contribution >= 0.6 is 0 Å². The summed E-state index contributed by atoms with van der Waals surface area (Å²) < 4.78 is 15.5. The fourth-order valence-electron chi connectivity index (χ4n) is 4.19. The molecule has 0 aliphatic heterocycles. The minimum absolute atomic E-state index is 0.00265. The third-order valence-electron chi connectivity index (χ3n) is 6.49. The SMILES string of the molecule is COC(=O)c1ccc(Oc2cc(C)c(NC(=O)c3cccc([N+](=O)[O-])c3)cc2NC(=O)c2cccc([N+](=O)[O-])c2)cc1C(=O)OC. The summed E-state index contributed by atoms with van der Waals surface area (Å²) in [5, 5.41) is 27.7. The summed E-state index contributed by atoms with van der Waals surface area (Å²) in [4.78, 5) is 72.0. The van der Waals surface area contributed by atoms with E-state index in [0.717, 1.165) is 26.4 Å². The quantitative estimate of drug-likeness (QED) is 0.124. The zero-order valence-corrected chi connectivity index (χ0v) is 24.4. The van der Waals surface area contributed by atoms with Crippen molar-refractivity contribution in [3.63, 3.8) is 0 Å². The predicted octanol–water partition coefficient (Wildman–Crippen LogP) is 5.68. The summed E-state index contributed by atoms with van der Waals surface area (Å²) in [5.41, 5.74) is -0.302. The molecule has 0 saturated carbocycles. The second-order valence-electron chi connectivity index (χ2n) is 9.48. The Balaban J connectivity index is 1.76. The van der Waals surface area contributed by atoms with Gasteiger partial charge in [-0.05, 0) is 55.0 Å². The van der Waals surface area contributed by atoms with E-state index in [1.807, 2.05) is 0 Å². The van der Waals surface area contributed by atoms with Crippen LogP contribution in [0.3, 0.4) is 0 Å². The van der Waals surface area contributed by atoms with Crippen LogP contribution in [0.4, 0.5) is 22.7 Å². The van der Waals surface area contributed by atoms with Gasteiger partial charge in [0.1, 0.15) is 5.75 Å². The highest BCUT2D eigenvalue weighted by Crippen LogP contribution is 2.36. The number of nitrogens with zero attached hydrogens (tertiary/aromatic N) is 2. The number of nitro groups is 2. The molecule has 4 aromatic rings. The third-order valence-corrected chi connectivity index (χ3v) is 6.49. The maximum absolute atomic E-state index is 13.2. The lowest BCUT2D eigenvalue weighted by atomic mass is 10.1. The van der Waals surface area contributed by atoms with Crippen molar-refractivity contribution in [2.24, 2.45) is 0 Å². The molecule has 0 unspecified atom stereocenters. The summed E-state index contributed by atoms with van der Waals surface area (Å²) in [7, 11) is 2.27. The Morgan fingerprint density at radius 1 is 0.652 bits per heavy atom. The number of esters is 2. The number of nitro benzene ring substituents is 2. The number of rotatable bonds is 10. The fourth-order valence-corrected chi connectivity index (χ4v) is 4.19. The molecule has 0 atom stereocenters. The first-order chi connectivity index (χ1) is 21.9. The van der Waals surface area contributed by atoms with Crippen molar-refractivity contribution in [1.82, 2.24) is 0 Å². The molecule has 0 aliphatic rings. The first-order valence-corrected chi connectivity index (χ1v) is 13.2. The highest BCUT2D eigenvalue weighted by molar-refractivity contribution is 6.08. The van der Waals surface area contributed by atoms with E-state index < -0.39 is 33.6 Å². The normalized spacial score (nSPS) is 10.3. The van der Waals surface area contributed by atoms with Crippen molar-refractivity contribution in [2.45, 2.75) is 6.92 Å². The van der Waals surface area contributed by atoms with Crippen LogP contribution < -0.4 is 15.4 Å². The van der Waals surface area contributed by atoms with E-state index >= 15 is 0 Å². The molecule has 4 rings (SSSR count). The van der Waals surface area contributed by atoms with E-state index in [9.17, 15) is 39.4 Å². The minimum atomic E-state index is -0.847. The van der Waals surface area contributed by atoms with E-state index in [1.54, 1.807) is 6.92 Å². The topological polar surface area (TPSA) is 206 Å². The molecule has 0 saturated heterocycles. The molecule has 0 heterocycles. The average Bonchev–Trinajstić information content (AvgIpc) is 3.05. The third kappa shape index (κ3) is 7.28. The van der Waals surface area contributed by atoms with E-state index in [-0.39, 0.29) is 56.5 Å². The highest BCUT2D eigenvalue weighted by atomic mass is 16.6. The number of benzene rings is 4. The molecule has 15 nitrogen and oxygen atoms in total. The molecule has 2 N–H and O–H groups in total. The van der Waals surface area contributed by atoms with Crippen LogP contribution in [0, 0.1) is 27.2 Å². The Hall–Kier alpha value is -6.64. The Bertz CT molecular complexity index is 1910. The van der Waals surface area contributed by atoms with Gasteiger partial charge in [0.2, 0.25) is 0 Å². The number of nitrogens with one attached hydrogen (secondary N) is 2. The Morgan fingerprint density at radius 3 is 1.70 bits per heavy atom. The monoisotopic (exact) mass is 628 g/mol. The number of carbonyl (C=O) groups is 4. The van der Waals surface area contributed by atoms with Gasteiger partial charge in [0, 0.05) is 41.1 Å². The standard InChI is InChI=1S/C31H24N4O11/c1-17-12-27(46-22-10-11-23(30(38)44-2)24(15-22)31(39)45-3)26(33-29(37)19-7-5-9-21(14-19)35(42)43)16-25(17)32-28(36)18-6-4-8-20(13-18)34(40)41/h4-16H,1-3H3,(H,32,36)(H,33,37). The van der Waals surface area contributed by atoms with Gasteiger partial charge in [0.25, 0.3) is 23.2 Å². The van der Waals surface area contributed by atoms with Crippen molar-refractivity contribution < 1.29 is 43.2 Å². The van der Waals surface area contributed by atoms with Gasteiger partial charge in [-0.3, -0.25) is 29.8 Å². The van der Waals surface area contributed by atoms with Gasteiger partial charge in [0.15, 0.2) is 5.75 Å². The maximum Gasteiger partial charge on any atom is 0.338 e. The second kappa shape index (κ2) is 13.8. The number of amides is 2. The smallest absolute Gasteiger partial charge is 0.338 e. The summed E-state index contributed by atoms with van der Waals surface area (Å²) in [6, 6.07) is 16.8. The van der Waals surface area contributed by atoms with Gasteiger partial charge in [-0.15, -0.1) is 0 Å². The van der Waals surface area contributed by atoms with Gasteiger partial charge >= 0.3 is 11.9 Å². The van der Waals surface area contributed by atoms with Crippen LogP contribution in [0.25, 0.3) is 0 Å². The molecule has 0 bridgehead atoms. The Kier molecular flexibility index (Phi) is 9.66. The molecular weight excluding hydrogens is 604 g/mol. The van der Waals surface area contributed by atoms with Crippen LogP contribution in [-0.2, 0) is 9.47 Å². The predicted molar refractivity (Wildman–Crippen MR) is 162 cm³/mol. The molecule has 0 aromatic heterocycles. The highest BCUT2D eigenvalue weighted by Gasteiger charge is 2.22. The number of hydrogen-bond acceptors (Lipinski definition) is 11. The van der Waals surface area contributed by atoms with Crippen molar-refractivity contribution >= 4 is 46.5 Å². The zero-order valence-electron chi connectivity index (χ0n) is 24.4. The van der Waals surface area contributed by atoms with Crippen LogP contribution in [0.2, 0.25) is 0 Å². The van der Waals surface area contributed by atoms with Crippen LogP contribution in [0.15, 0.2) is 78.9 Å². The van der Waals surface area contributed by atoms with E-state index in [4.69, 9.17) is 14.2 Å². The van der Waals surface area contributed by atoms with Gasteiger partial charge in [-0.25, -0.2) is 9.59 Å². The van der Waals surface area contributed by atoms with Crippen LogP contribution in [0.5, 0.6) is 11.5 Å². The van der Waals surface area contributed by atoms with Gasteiger partial charge in [-0.2, -0.15) is 0 Å². The molecule has 0 spiro atoms. The first-order valence-electron chi connectivity index (χ1n) is 13.2. The molecule has 4 aromatic carbocycles. The molecule has 15 heteroatoms. The number of anilines is 2. The minimum Gasteiger partial charge on any atom is -0.465 e. The molecule has 234 valence electrons. The fraction of sp³-hybridized carbons (Fsp3) is 0.0968.